The molecule has 1 atom stereocenters. The predicted octanol–water partition coefficient (Wildman–Crippen LogP) is 2.98. The van der Waals surface area contributed by atoms with Crippen LogP contribution in [-0.2, 0) is 11.2 Å². The second-order valence-electron chi connectivity index (χ2n) is 3.37. The maximum atomic E-state index is 13.0. The minimum atomic E-state index is -3.06. The number of alkyl halides is 3. The van der Waals surface area contributed by atoms with Gasteiger partial charge in [0.15, 0.2) is 6.17 Å². The van der Waals surface area contributed by atoms with Crippen molar-refractivity contribution < 1.29 is 23.1 Å². The lowest BCUT2D eigenvalue weighted by molar-refractivity contribution is -0.136. The zero-order valence-electron chi connectivity index (χ0n) is 8.37. The van der Waals surface area contributed by atoms with Crippen molar-refractivity contribution in [2.45, 2.75) is 25.4 Å². The number of aryl methyl sites for hydroxylation is 1. The third kappa shape index (κ3) is 3.56. The van der Waals surface area contributed by atoms with E-state index in [1.807, 2.05) is 0 Å². The normalized spacial score (nSPS) is 12.8. The quantitative estimate of drug-likeness (QED) is 0.847. The first kappa shape index (κ1) is 12.5. The summed E-state index contributed by atoms with van der Waals surface area (Å²) >= 11 is 0. The van der Waals surface area contributed by atoms with Crippen molar-refractivity contribution >= 4 is 5.97 Å². The summed E-state index contributed by atoms with van der Waals surface area (Å²) in [6.07, 6.45) is -5.27. The van der Waals surface area contributed by atoms with Crippen molar-refractivity contribution in [2.24, 2.45) is 0 Å². The van der Waals surface area contributed by atoms with Crippen LogP contribution in [0.15, 0.2) is 24.3 Å². The Bertz CT molecular complexity index is 366. The molecule has 0 saturated heterocycles. The van der Waals surface area contributed by atoms with Crippen molar-refractivity contribution in [1.29, 1.82) is 0 Å². The highest BCUT2D eigenvalue weighted by Crippen LogP contribution is 2.25. The van der Waals surface area contributed by atoms with E-state index in [1.165, 1.54) is 18.2 Å². The standard InChI is InChI=1S/C11H11F3O2/c12-10(11(13)14)8-3-1-2-7(6-8)4-5-9(15)16/h1-3,6,10-11H,4-5H2,(H,15,16). The Labute approximate surface area is 90.7 Å². The van der Waals surface area contributed by atoms with E-state index in [-0.39, 0.29) is 18.4 Å². The fraction of sp³-hybridized carbons (Fsp3) is 0.364. The molecule has 2 nitrogen and oxygen atoms in total. The van der Waals surface area contributed by atoms with Crippen molar-refractivity contribution in [1.82, 2.24) is 0 Å². The highest BCUT2D eigenvalue weighted by molar-refractivity contribution is 5.67. The number of hydrogen-bond donors (Lipinski definition) is 1. The number of carboxylic acids is 1. The second-order valence-corrected chi connectivity index (χ2v) is 3.37. The van der Waals surface area contributed by atoms with Gasteiger partial charge in [-0.1, -0.05) is 24.3 Å². The molecule has 1 aromatic carbocycles. The summed E-state index contributed by atoms with van der Waals surface area (Å²) in [5.41, 5.74) is 0.432. The number of hydrogen-bond acceptors (Lipinski definition) is 1. The minimum absolute atomic E-state index is 0.102. The monoisotopic (exact) mass is 232 g/mol. The van der Waals surface area contributed by atoms with Gasteiger partial charge in [0, 0.05) is 6.42 Å². The van der Waals surface area contributed by atoms with Crippen LogP contribution >= 0.6 is 0 Å². The summed E-state index contributed by atoms with van der Waals surface area (Å²) in [4.78, 5) is 10.3. The molecule has 0 bridgehead atoms. The average Bonchev–Trinajstić information content (AvgIpc) is 2.25. The third-order valence-electron chi connectivity index (χ3n) is 2.12. The SMILES string of the molecule is O=C(O)CCc1cccc(C(F)C(F)F)c1. The molecule has 1 unspecified atom stereocenters. The molecule has 0 fully saturated rings. The summed E-state index contributed by atoms with van der Waals surface area (Å²) in [5, 5.41) is 8.45. The van der Waals surface area contributed by atoms with Crippen LogP contribution in [0, 0.1) is 0 Å². The van der Waals surface area contributed by atoms with Gasteiger partial charge in [0.25, 0.3) is 6.43 Å². The lowest BCUT2D eigenvalue weighted by Gasteiger charge is -2.08. The van der Waals surface area contributed by atoms with Crippen molar-refractivity contribution in [2.75, 3.05) is 0 Å². The number of rotatable bonds is 5. The minimum Gasteiger partial charge on any atom is -0.481 e. The Morgan fingerprint density at radius 2 is 2.00 bits per heavy atom. The smallest absolute Gasteiger partial charge is 0.303 e. The van der Waals surface area contributed by atoms with Crippen LogP contribution in [0.5, 0.6) is 0 Å². The average molecular weight is 232 g/mol. The van der Waals surface area contributed by atoms with Crippen LogP contribution in [0.4, 0.5) is 13.2 Å². The van der Waals surface area contributed by atoms with Gasteiger partial charge < -0.3 is 5.11 Å². The molecule has 0 spiro atoms. The number of benzene rings is 1. The predicted molar refractivity (Wildman–Crippen MR) is 52.3 cm³/mol. The molecular formula is C11H11F3O2. The van der Waals surface area contributed by atoms with Crippen LogP contribution in [0.3, 0.4) is 0 Å². The summed E-state index contributed by atoms with van der Waals surface area (Å²) < 4.78 is 37.2. The summed E-state index contributed by atoms with van der Waals surface area (Å²) in [5.74, 6) is -0.976. The molecule has 1 aromatic rings. The molecule has 88 valence electrons. The zero-order chi connectivity index (χ0) is 12.1. The fourth-order valence-electron chi connectivity index (χ4n) is 1.32. The van der Waals surface area contributed by atoms with E-state index in [0.717, 1.165) is 0 Å². The van der Waals surface area contributed by atoms with E-state index >= 15 is 0 Å². The van der Waals surface area contributed by atoms with Crippen LogP contribution in [-0.4, -0.2) is 17.5 Å². The first-order valence-corrected chi connectivity index (χ1v) is 4.73. The molecular weight excluding hydrogens is 221 g/mol. The topological polar surface area (TPSA) is 37.3 Å². The number of carbonyl (C=O) groups is 1. The van der Waals surface area contributed by atoms with E-state index in [1.54, 1.807) is 6.07 Å². The van der Waals surface area contributed by atoms with Crippen LogP contribution in [0.2, 0.25) is 0 Å². The first-order valence-electron chi connectivity index (χ1n) is 4.73. The molecule has 0 saturated carbocycles. The molecule has 5 heteroatoms. The maximum Gasteiger partial charge on any atom is 0.303 e. The lowest BCUT2D eigenvalue weighted by Crippen LogP contribution is -2.04. The van der Waals surface area contributed by atoms with Crippen LogP contribution < -0.4 is 0 Å². The van der Waals surface area contributed by atoms with Gasteiger partial charge in [-0.25, -0.2) is 13.2 Å². The molecule has 0 aliphatic carbocycles. The van der Waals surface area contributed by atoms with E-state index in [9.17, 15) is 18.0 Å². The van der Waals surface area contributed by atoms with Gasteiger partial charge in [0.1, 0.15) is 0 Å². The lowest BCUT2D eigenvalue weighted by atomic mass is 10.0. The van der Waals surface area contributed by atoms with Gasteiger partial charge in [-0.05, 0) is 17.5 Å². The molecule has 1 N–H and O–H groups in total. The Kier molecular flexibility index (Phi) is 4.34. The molecule has 1 rings (SSSR count). The van der Waals surface area contributed by atoms with E-state index in [2.05, 4.69) is 0 Å². The third-order valence-corrected chi connectivity index (χ3v) is 2.12. The van der Waals surface area contributed by atoms with Gasteiger partial charge in [0.2, 0.25) is 0 Å². The Morgan fingerprint density at radius 3 is 2.56 bits per heavy atom. The van der Waals surface area contributed by atoms with Crippen molar-refractivity contribution in [3.8, 4) is 0 Å². The van der Waals surface area contributed by atoms with Gasteiger partial charge in [-0.2, -0.15) is 0 Å². The molecule has 0 aliphatic rings. The summed E-state index contributed by atoms with van der Waals surface area (Å²) in [6.45, 7) is 0. The summed E-state index contributed by atoms with van der Waals surface area (Å²) in [6, 6.07) is 5.58. The van der Waals surface area contributed by atoms with Gasteiger partial charge >= 0.3 is 5.97 Å². The van der Waals surface area contributed by atoms with E-state index in [4.69, 9.17) is 5.11 Å². The van der Waals surface area contributed by atoms with Gasteiger partial charge in [0.05, 0.1) is 0 Å². The molecule has 16 heavy (non-hydrogen) atoms. The van der Waals surface area contributed by atoms with Crippen molar-refractivity contribution in [3.05, 3.63) is 35.4 Å². The summed E-state index contributed by atoms with van der Waals surface area (Å²) in [7, 11) is 0. The molecule has 0 radical (unpaired) electrons. The molecule has 0 aliphatic heterocycles. The molecule has 0 heterocycles. The highest BCUT2D eigenvalue weighted by atomic mass is 19.3. The van der Waals surface area contributed by atoms with Crippen LogP contribution in [0.25, 0.3) is 0 Å². The largest absolute Gasteiger partial charge is 0.481 e. The fourth-order valence-corrected chi connectivity index (χ4v) is 1.32. The number of halogens is 3. The van der Waals surface area contributed by atoms with E-state index < -0.39 is 18.6 Å². The Balaban J connectivity index is 2.74. The highest BCUT2D eigenvalue weighted by Gasteiger charge is 2.21. The van der Waals surface area contributed by atoms with Gasteiger partial charge in [-0.15, -0.1) is 0 Å². The Morgan fingerprint density at radius 1 is 1.31 bits per heavy atom. The van der Waals surface area contributed by atoms with Gasteiger partial charge in [-0.3, -0.25) is 4.79 Å². The molecule has 0 aromatic heterocycles. The van der Waals surface area contributed by atoms with Crippen LogP contribution in [0.1, 0.15) is 23.7 Å². The zero-order valence-corrected chi connectivity index (χ0v) is 8.37. The second kappa shape index (κ2) is 5.53. The Hall–Kier alpha value is -1.52. The van der Waals surface area contributed by atoms with Crippen molar-refractivity contribution in [3.63, 3.8) is 0 Å². The number of carboxylic acid groups (broad SMARTS) is 1. The maximum absolute atomic E-state index is 13.0. The number of aliphatic carboxylic acids is 1. The van der Waals surface area contributed by atoms with E-state index in [0.29, 0.717) is 5.56 Å². The first-order chi connectivity index (χ1) is 7.50. The molecule has 0 amide bonds.